The van der Waals surface area contributed by atoms with Crippen LogP contribution in [0.25, 0.3) is 0 Å². The van der Waals surface area contributed by atoms with Gasteiger partial charge in [-0.05, 0) is 18.2 Å². The molecule has 1 heterocycles. The summed E-state index contributed by atoms with van der Waals surface area (Å²) in [5.74, 6) is -0.155. The minimum atomic E-state index is -0.392. The number of aromatic hydroxyl groups is 1. The average molecular weight is 310 g/mol. The highest BCUT2D eigenvalue weighted by Gasteiger charge is 2.32. The van der Waals surface area contributed by atoms with E-state index in [-0.39, 0.29) is 11.7 Å². The van der Waals surface area contributed by atoms with Crippen molar-refractivity contribution in [2.24, 2.45) is 5.10 Å². The molecule has 0 aliphatic carbocycles. The lowest BCUT2D eigenvalue weighted by Crippen LogP contribution is -2.14. The summed E-state index contributed by atoms with van der Waals surface area (Å²) in [7, 11) is 3.63. The predicted octanol–water partition coefficient (Wildman–Crippen LogP) is 2.96. The molecule has 1 N–H and O–H groups in total. The SMILES string of the molecule is CN(C)N=C(CC1OC(=O)c2ccccc21)c1ccccc1O. The molecule has 0 saturated carbocycles. The number of phenols is 1. The highest BCUT2D eigenvalue weighted by molar-refractivity contribution is 6.04. The Labute approximate surface area is 134 Å². The first-order valence-electron chi connectivity index (χ1n) is 7.39. The molecule has 0 radical (unpaired) electrons. The first kappa shape index (κ1) is 15.1. The monoisotopic (exact) mass is 310 g/mol. The second-order valence-corrected chi connectivity index (χ2v) is 5.60. The standard InChI is InChI=1S/C18H18N2O3/c1-20(2)19-15(14-9-5-6-10-16(14)21)11-17-12-7-3-4-8-13(12)18(22)23-17/h3-10,17,21H,11H2,1-2H3. The topological polar surface area (TPSA) is 62.1 Å². The summed E-state index contributed by atoms with van der Waals surface area (Å²) in [5.41, 5.74) is 2.77. The summed E-state index contributed by atoms with van der Waals surface area (Å²) in [6.07, 6.45) is 0.00964. The molecule has 0 saturated heterocycles. The molecule has 2 aromatic rings. The first-order chi connectivity index (χ1) is 11.1. The van der Waals surface area contributed by atoms with Crippen LogP contribution in [0.1, 0.15) is 34.0 Å². The van der Waals surface area contributed by atoms with Gasteiger partial charge >= 0.3 is 5.97 Å². The number of benzene rings is 2. The quantitative estimate of drug-likeness (QED) is 0.536. The van der Waals surface area contributed by atoms with Crippen molar-refractivity contribution in [3.63, 3.8) is 0 Å². The van der Waals surface area contributed by atoms with E-state index in [1.54, 1.807) is 29.3 Å². The molecule has 3 rings (SSSR count). The number of hydrogen-bond donors (Lipinski definition) is 1. The molecular weight excluding hydrogens is 292 g/mol. The van der Waals surface area contributed by atoms with E-state index >= 15 is 0 Å². The van der Waals surface area contributed by atoms with Crippen LogP contribution in [-0.2, 0) is 4.74 Å². The van der Waals surface area contributed by atoms with Gasteiger partial charge in [-0.2, -0.15) is 5.10 Å². The third kappa shape index (κ3) is 3.04. The van der Waals surface area contributed by atoms with E-state index in [0.29, 0.717) is 23.3 Å². The smallest absolute Gasteiger partial charge is 0.339 e. The zero-order chi connectivity index (χ0) is 16.4. The van der Waals surface area contributed by atoms with Gasteiger partial charge in [-0.15, -0.1) is 0 Å². The van der Waals surface area contributed by atoms with Crippen LogP contribution >= 0.6 is 0 Å². The fourth-order valence-corrected chi connectivity index (χ4v) is 2.71. The number of carbonyl (C=O) groups is 1. The van der Waals surface area contributed by atoms with Crippen LogP contribution in [0.4, 0.5) is 0 Å². The number of cyclic esters (lactones) is 1. The highest BCUT2D eigenvalue weighted by Crippen LogP contribution is 2.34. The fraction of sp³-hybridized carbons (Fsp3) is 0.222. The number of ether oxygens (including phenoxy) is 1. The maximum absolute atomic E-state index is 12.0. The molecule has 1 aliphatic heterocycles. The van der Waals surface area contributed by atoms with E-state index in [0.717, 1.165) is 5.56 Å². The van der Waals surface area contributed by atoms with Crippen molar-refractivity contribution in [1.82, 2.24) is 5.01 Å². The second-order valence-electron chi connectivity index (χ2n) is 5.60. The minimum absolute atomic E-state index is 0.158. The Morgan fingerprint density at radius 2 is 1.87 bits per heavy atom. The van der Waals surface area contributed by atoms with Crippen molar-refractivity contribution in [1.29, 1.82) is 0 Å². The number of hydrazone groups is 1. The van der Waals surface area contributed by atoms with E-state index < -0.39 is 6.10 Å². The Bertz CT molecular complexity index is 768. The van der Waals surface area contributed by atoms with Gasteiger partial charge in [0.1, 0.15) is 11.9 Å². The highest BCUT2D eigenvalue weighted by atomic mass is 16.5. The van der Waals surface area contributed by atoms with Gasteiger partial charge in [-0.25, -0.2) is 4.79 Å². The number of hydrogen-bond acceptors (Lipinski definition) is 5. The largest absolute Gasteiger partial charge is 0.507 e. The lowest BCUT2D eigenvalue weighted by Gasteiger charge is -2.16. The maximum Gasteiger partial charge on any atom is 0.339 e. The van der Waals surface area contributed by atoms with Crippen LogP contribution in [-0.4, -0.2) is 35.9 Å². The van der Waals surface area contributed by atoms with E-state index in [2.05, 4.69) is 5.10 Å². The third-order valence-electron chi connectivity index (χ3n) is 3.69. The molecule has 1 aliphatic rings. The molecule has 0 bridgehead atoms. The zero-order valence-corrected chi connectivity index (χ0v) is 13.1. The summed E-state index contributed by atoms with van der Waals surface area (Å²) in [4.78, 5) is 12.0. The molecule has 5 heteroatoms. The number of carbonyl (C=O) groups excluding carboxylic acids is 1. The fourth-order valence-electron chi connectivity index (χ4n) is 2.71. The van der Waals surface area contributed by atoms with Crippen LogP contribution in [0.3, 0.4) is 0 Å². The third-order valence-corrected chi connectivity index (χ3v) is 3.69. The van der Waals surface area contributed by atoms with Gasteiger partial charge in [0.2, 0.25) is 0 Å². The summed E-state index contributed by atoms with van der Waals surface area (Å²) in [5, 5.41) is 16.2. The molecule has 0 amide bonds. The second kappa shape index (κ2) is 6.12. The molecular formula is C18H18N2O3. The van der Waals surface area contributed by atoms with Crippen molar-refractivity contribution in [2.45, 2.75) is 12.5 Å². The zero-order valence-electron chi connectivity index (χ0n) is 13.1. The molecule has 0 aromatic heterocycles. The lowest BCUT2D eigenvalue weighted by molar-refractivity contribution is 0.0400. The Morgan fingerprint density at radius 1 is 1.17 bits per heavy atom. The van der Waals surface area contributed by atoms with Crippen molar-refractivity contribution in [3.8, 4) is 5.75 Å². The molecule has 1 atom stereocenters. The molecule has 5 nitrogen and oxygen atoms in total. The molecule has 23 heavy (non-hydrogen) atoms. The van der Waals surface area contributed by atoms with Gasteiger partial charge in [0.05, 0.1) is 11.3 Å². The normalized spacial score (nSPS) is 16.9. The van der Waals surface area contributed by atoms with Gasteiger partial charge in [0.25, 0.3) is 0 Å². The van der Waals surface area contributed by atoms with Gasteiger partial charge in [0.15, 0.2) is 0 Å². The molecule has 2 aromatic carbocycles. The van der Waals surface area contributed by atoms with Crippen LogP contribution in [0.15, 0.2) is 53.6 Å². The predicted molar refractivity (Wildman–Crippen MR) is 87.5 cm³/mol. The molecule has 1 unspecified atom stereocenters. The number of phenolic OH excluding ortho intramolecular Hbond substituents is 1. The molecule has 0 fully saturated rings. The van der Waals surface area contributed by atoms with E-state index in [4.69, 9.17) is 4.74 Å². The number of rotatable bonds is 4. The first-order valence-corrected chi connectivity index (χ1v) is 7.39. The molecule has 0 spiro atoms. The van der Waals surface area contributed by atoms with Crippen LogP contribution < -0.4 is 0 Å². The van der Waals surface area contributed by atoms with Crippen molar-refractivity contribution < 1.29 is 14.6 Å². The summed E-state index contributed by atoms with van der Waals surface area (Å²) >= 11 is 0. The number of esters is 1. The summed E-state index contributed by atoms with van der Waals surface area (Å²) in [6, 6.07) is 14.4. The lowest BCUT2D eigenvalue weighted by atomic mass is 9.97. The van der Waals surface area contributed by atoms with Gasteiger partial charge in [-0.3, -0.25) is 0 Å². The van der Waals surface area contributed by atoms with Crippen molar-refractivity contribution in [3.05, 3.63) is 65.2 Å². The number of fused-ring (bicyclic) bond motifs is 1. The van der Waals surface area contributed by atoms with Gasteiger partial charge < -0.3 is 14.9 Å². The van der Waals surface area contributed by atoms with Crippen LogP contribution in [0, 0.1) is 0 Å². The van der Waals surface area contributed by atoms with Gasteiger partial charge in [0, 0.05) is 31.6 Å². The summed E-state index contributed by atoms with van der Waals surface area (Å²) in [6.45, 7) is 0. The maximum atomic E-state index is 12.0. The Morgan fingerprint density at radius 3 is 2.61 bits per heavy atom. The summed E-state index contributed by atoms with van der Waals surface area (Å²) < 4.78 is 5.49. The molecule has 118 valence electrons. The van der Waals surface area contributed by atoms with E-state index in [9.17, 15) is 9.90 Å². The number of para-hydroxylation sites is 1. The van der Waals surface area contributed by atoms with Crippen LogP contribution in [0.5, 0.6) is 5.75 Å². The van der Waals surface area contributed by atoms with Crippen molar-refractivity contribution in [2.75, 3.05) is 14.1 Å². The van der Waals surface area contributed by atoms with E-state index in [1.807, 2.05) is 38.4 Å². The van der Waals surface area contributed by atoms with E-state index in [1.165, 1.54) is 0 Å². The Kier molecular flexibility index (Phi) is 4.02. The number of nitrogens with zero attached hydrogens (tertiary/aromatic N) is 2. The Balaban J connectivity index is 1.95. The average Bonchev–Trinajstić information content (AvgIpc) is 2.84. The minimum Gasteiger partial charge on any atom is -0.507 e. The van der Waals surface area contributed by atoms with Crippen LogP contribution in [0.2, 0.25) is 0 Å². The van der Waals surface area contributed by atoms with Gasteiger partial charge in [-0.1, -0.05) is 30.3 Å². The Hall–Kier alpha value is -2.82. The van der Waals surface area contributed by atoms with Crippen molar-refractivity contribution >= 4 is 11.7 Å².